The van der Waals surface area contributed by atoms with Crippen LogP contribution in [0.2, 0.25) is 0 Å². The molecule has 4 saturated carbocycles. The molecule has 4 bridgehead atoms. The molecule has 20 heavy (non-hydrogen) atoms. The van der Waals surface area contributed by atoms with Crippen LogP contribution in [0, 0.1) is 17.8 Å². The van der Waals surface area contributed by atoms with Crippen LogP contribution in [-0.2, 0) is 19.0 Å². The van der Waals surface area contributed by atoms with Crippen LogP contribution in [0.1, 0.15) is 39.0 Å². The van der Waals surface area contributed by atoms with Gasteiger partial charge in [-0.2, -0.15) is 0 Å². The predicted molar refractivity (Wildman–Crippen MR) is 71.8 cm³/mol. The van der Waals surface area contributed by atoms with Crippen molar-refractivity contribution in [3.8, 4) is 0 Å². The maximum absolute atomic E-state index is 12.0. The number of carbonyl (C=O) groups excluding carboxylic acids is 1. The molecule has 4 unspecified atom stereocenters. The van der Waals surface area contributed by atoms with Gasteiger partial charge in [-0.05, 0) is 44.9 Å². The molecule has 5 fully saturated rings. The molecule has 1 spiro atoms. The quantitative estimate of drug-likeness (QED) is 0.575. The third-order valence-corrected chi connectivity index (χ3v) is 5.69. The van der Waals surface area contributed by atoms with Crippen molar-refractivity contribution >= 4 is 5.97 Å². The fourth-order valence-electron chi connectivity index (χ4n) is 5.12. The smallest absolute Gasteiger partial charge is 0.333 e. The van der Waals surface area contributed by atoms with Crippen LogP contribution in [0.3, 0.4) is 0 Å². The minimum atomic E-state index is -0.472. The number of carbonyl (C=O) groups is 1. The predicted octanol–water partition coefficient (Wildman–Crippen LogP) is 2.43. The normalized spacial score (nSPS) is 44.0. The van der Waals surface area contributed by atoms with Crippen LogP contribution in [0.5, 0.6) is 0 Å². The molecule has 5 rings (SSSR count). The lowest BCUT2D eigenvalue weighted by Gasteiger charge is -2.45. The third kappa shape index (κ3) is 1.52. The molecule has 4 aliphatic carbocycles. The Labute approximate surface area is 119 Å². The molecule has 1 heterocycles. The van der Waals surface area contributed by atoms with Gasteiger partial charge in [0.2, 0.25) is 0 Å². The highest BCUT2D eigenvalue weighted by Crippen LogP contribution is 2.68. The van der Waals surface area contributed by atoms with E-state index in [-0.39, 0.29) is 17.5 Å². The van der Waals surface area contributed by atoms with E-state index in [4.69, 9.17) is 14.2 Å². The molecular formula is C16H22O4. The average Bonchev–Trinajstić information content (AvgIpc) is 2.77. The largest absolute Gasteiger partial charge is 0.455 e. The summed E-state index contributed by atoms with van der Waals surface area (Å²) in [5, 5.41) is 0. The molecule has 5 aliphatic rings. The first-order valence-electron chi connectivity index (χ1n) is 7.72. The Morgan fingerprint density at radius 2 is 2.00 bits per heavy atom. The summed E-state index contributed by atoms with van der Waals surface area (Å²) < 4.78 is 18.2. The summed E-state index contributed by atoms with van der Waals surface area (Å²) in [5.41, 5.74) is 0.117. The Hall–Kier alpha value is -0.870. The van der Waals surface area contributed by atoms with Gasteiger partial charge >= 0.3 is 5.97 Å². The van der Waals surface area contributed by atoms with Gasteiger partial charge in [0.1, 0.15) is 5.60 Å². The number of rotatable bonds is 2. The first kappa shape index (κ1) is 12.8. The van der Waals surface area contributed by atoms with Gasteiger partial charge < -0.3 is 14.2 Å². The van der Waals surface area contributed by atoms with Crippen molar-refractivity contribution in [1.82, 2.24) is 0 Å². The molecule has 110 valence electrons. The van der Waals surface area contributed by atoms with E-state index in [9.17, 15) is 4.79 Å². The first-order valence-corrected chi connectivity index (χ1v) is 7.72. The monoisotopic (exact) mass is 278 g/mol. The molecule has 4 heteroatoms. The topological polar surface area (TPSA) is 44.8 Å². The molecule has 0 radical (unpaired) electrons. The lowest BCUT2D eigenvalue weighted by Crippen LogP contribution is -2.52. The molecule has 1 aliphatic heterocycles. The zero-order valence-electron chi connectivity index (χ0n) is 12.0. The summed E-state index contributed by atoms with van der Waals surface area (Å²) in [7, 11) is 0. The molecule has 0 aromatic heterocycles. The van der Waals surface area contributed by atoms with Gasteiger partial charge in [-0.25, -0.2) is 4.79 Å². The lowest BCUT2D eigenvalue weighted by molar-refractivity contribution is -0.317. The maximum Gasteiger partial charge on any atom is 0.333 e. The van der Waals surface area contributed by atoms with Crippen molar-refractivity contribution in [3.63, 3.8) is 0 Å². The van der Waals surface area contributed by atoms with E-state index >= 15 is 0 Å². The third-order valence-electron chi connectivity index (χ3n) is 5.69. The average molecular weight is 278 g/mol. The van der Waals surface area contributed by atoms with Crippen LogP contribution in [0.4, 0.5) is 0 Å². The summed E-state index contributed by atoms with van der Waals surface area (Å²) in [4.78, 5) is 12.0. The summed E-state index contributed by atoms with van der Waals surface area (Å²) >= 11 is 0. The lowest BCUT2D eigenvalue weighted by atomic mass is 9.78. The van der Waals surface area contributed by atoms with Crippen molar-refractivity contribution in [2.75, 3.05) is 13.2 Å². The van der Waals surface area contributed by atoms with E-state index in [1.807, 2.05) is 0 Å². The SMILES string of the molecule is C=C(C)C(=O)OC12CC3CC(C1)C1(OCCCO1)C2C3. The van der Waals surface area contributed by atoms with Crippen LogP contribution in [0.15, 0.2) is 12.2 Å². The summed E-state index contributed by atoms with van der Waals surface area (Å²) in [6.07, 6.45) is 5.06. The Kier molecular flexibility index (Phi) is 2.62. The van der Waals surface area contributed by atoms with Gasteiger partial charge in [-0.15, -0.1) is 0 Å². The van der Waals surface area contributed by atoms with Crippen molar-refractivity contribution in [3.05, 3.63) is 12.2 Å². The maximum atomic E-state index is 12.0. The zero-order chi connectivity index (χ0) is 14.0. The van der Waals surface area contributed by atoms with Crippen molar-refractivity contribution in [2.24, 2.45) is 17.8 Å². The number of esters is 1. The van der Waals surface area contributed by atoms with E-state index in [1.54, 1.807) is 6.92 Å². The van der Waals surface area contributed by atoms with E-state index in [0.29, 0.717) is 17.4 Å². The van der Waals surface area contributed by atoms with E-state index < -0.39 is 5.79 Å². The molecule has 0 aromatic carbocycles. The first-order chi connectivity index (χ1) is 9.56. The van der Waals surface area contributed by atoms with Gasteiger partial charge in [-0.1, -0.05) is 6.58 Å². The molecular weight excluding hydrogens is 256 g/mol. The summed E-state index contributed by atoms with van der Waals surface area (Å²) in [5.74, 6) is 0.529. The fraction of sp³-hybridized carbons (Fsp3) is 0.812. The Balaban J connectivity index is 1.66. The highest BCUT2D eigenvalue weighted by atomic mass is 16.7. The van der Waals surface area contributed by atoms with E-state index in [1.165, 1.54) is 0 Å². The fourth-order valence-corrected chi connectivity index (χ4v) is 5.12. The molecule has 0 amide bonds. The van der Waals surface area contributed by atoms with Crippen LogP contribution in [-0.4, -0.2) is 30.6 Å². The Morgan fingerprint density at radius 1 is 1.25 bits per heavy atom. The van der Waals surface area contributed by atoms with Gasteiger partial charge in [0.25, 0.3) is 0 Å². The van der Waals surface area contributed by atoms with Crippen molar-refractivity contribution < 1.29 is 19.0 Å². The van der Waals surface area contributed by atoms with Crippen molar-refractivity contribution in [1.29, 1.82) is 0 Å². The van der Waals surface area contributed by atoms with Gasteiger partial charge in [0, 0.05) is 11.5 Å². The molecule has 4 nitrogen and oxygen atoms in total. The molecule has 0 N–H and O–H groups in total. The highest BCUT2D eigenvalue weighted by molar-refractivity contribution is 5.87. The Bertz CT molecular complexity index is 465. The second-order valence-electron chi connectivity index (χ2n) is 7.00. The standard InChI is InChI=1S/C16H22O4/c1-10(2)14(17)20-15-8-11-6-12(9-15)16(13(15)7-11)18-4-3-5-19-16/h11-13H,1,3-9H2,2H3. The molecule has 1 saturated heterocycles. The van der Waals surface area contributed by atoms with Gasteiger partial charge in [-0.3, -0.25) is 0 Å². The van der Waals surface area contributed by atoms with Crippen LogP contribution >= 0.6 is 0 Å². The van der Waals surface area contributed by atoms with E-state index in [0.717, 1.165) is 45.3 Å². The van der Waals surface area contributed by atoms with Crippen LogP contribution in [0.25, 0.3) is 0 Å². The number of ether oxygens (including phenoxy) is 3. The minimum Gasteiger partial charge on any atom is -0.455 e. The zero-order valence-corrected chi connectivity index (χ0v) is 12.0. The second kappa shape index (κ2) is 4.08. The van der Waals surface area contributed by atoms with Gasteiger partial charge in [0.15, 0.2) is 5.79 Å². The Morgan fingerprint density at radius 3 is 2.70 bits per heavy atom. The number of hydrogen-bond donors (Lipinski definition) is 0. The highest BCUT2D eigenvalue weighted by Gasteiger charge is 2.73. The molecule has 0 aromatic rings. The van der Waals surface area contributed by atoms with Gasteiger partial charge in [0.05, 0.1) is 19.1 Å². The second-order valence-corrected chi connectivity index (χ2v) is 7.00. The number of hydrogen-bond acceptors (Lipinski definition) is 4. The van der Waals surface area contributed by atoms with Crippen molar-refractivity contribution in [2.45, 2.75) is 50.4 Å². The van der Waals surface area contributed by atoms with Crippen LogP contribution < -0.4 is 0 Å². The van der Waals surface area contributed by atoms with E-state index in [2.05, 4.69) is 6.58 Å². The summed E-state index contributed by atoms with van der Waals surface area (Å²) in [6.45, 7) is 6.95. The molecule has 4 atom stereocenters. The minimum absolute atomic E-state index is 0.211. The summed E-state index contributed by atoms with van der Waals surface area (Å²) in [6, 6.07) is 0.